The van der Waals surface area contributed by atoms with Crippen molar-refractivity contribution >= 4 is 0 Å². The summed E-state index contributed by atoms with van der Waals surface area (Å²) < 4.78 is 12.2. The normalized spacial score (nSPS) is 33.0. The van der Waals surface area contributed by atoms with Crippen LogP contribution >= 0.6 is 0 Å². The summed E-state index contributed by atoms with van der Waals surface area (Å²) in [6, 6.07) is 0. The maximum Gasteiger partial charge on any atom is 0.0940 e. The predicted molar refractivity (Wildman–Crippen MR) is 36.1 cm³/mol. The highest BCUT2D eigenvalue weighted by atomic mass is 19.1. The fraction of sp³-hybridized carbons (Fsp3) is 1.00. The van der Waals surface area contributed by atoms with Gasteiger partial charge in [-0.1, -0.05) is 13.8 Å². The summed E-state index contributed by atoms with van der Waals surface area (Å²) in [5.74, 6) is 0.234. The Labute approximate surface area is 55.6 Å². The molecule has 1 heterocycles. The zero-order valence-corrected chi connectivity index (χ0v) is 6.08. The number of hydrogen-bond donors (Lipinski definition) is 1. The van der Waals surface area contributed by atoms with E-state index in [9.17, 15) is 4.39 Å². The van der Waals surface area contributed by atoms with E-state index in [1.165, 1.54) is 0 Å². The van der Waals surface area contributed by atoms with E-state index in [-0.39, 0.29) is 18.0 Å². The minimum atomic E-state index is -0.181. The first-order chi connectivity index (χ1) is 4.17. The molecule has 0 aromatic carbocycles. The van der Waals surface area contributed by atoms with Crippen molar-refractivity contribution in [3.63, 3.8) is 0 Å². The molecule has 1 fully saturated rings. The molecular weight excluding hydrogens is 117 g/mol. The lowest BCUT2D eigenvalue weighted by Gasteiger charge is -2.22. The molecule has 1 nitrogen and oxygen atoms in total. The van der Waals surface area contributed by atoms with E-state index >= 15 is 0 Å². The first-order valence-corrected chi connectivity index (χ1v) is 3.43. The van der Waals surface area contributed by atoms with Crippen LogP contribution in [0.5, 0.6) is 0 Å². The highest BCUT2D eigenvalue weighted by molar-refractivity contribution is 4.87. The highest BCUT2D eigenvalue weighted by Gasteiger charge is 2.33. The molecule has 0 bridgehead atoms. The van der Waals surface area contributed by atoms with Crippen LogP contribution in [0.2, 0.25) is 0 Å². The van der Waals surface area contributed by atoms with Gasteiger partial charge in [0.1, 0.15) is 0 Å². The molecule has 1 rings (SSSR count). The van der Waals surface area contributed by atoms with Gasteiger partial charge in [0.15, 0.2) is 0 Å². The molecule has 9 heavy (non-hydrogen) atoms. The van der Waals surface area contributed by atoms with Gasteiger partial charge in [0.05, 0.1) is 6.67 Å². The average Bonchev–Trinajstić information content (AvgIpc) is 2.08. The van der Waals surface area contributed by atoms with Crippen molar-refractivity contribution < 1.29 is 4.39 Å². The second-order valence-corrected chi connectivity index (χ2v) is 3.47. The Hall–Kier alpha value is -0.110. The van der Waals surface area contributed by atoms with Gasteiger partial charge in [-0.25, -0.2) is 0 Å². The molecule has 2 heteroatoms. The molecule has 1 aliphatic heterocycles. The lowest BCUT2D eigenvalue weighted by Crippen LogP contribution is -2.23. The van der Waals surface area contributed by atoms with Gasteiger partial charge in [-0.05, 0) is 5.41 Å². The van der Waals surface area contributed by atoms with Crippen LogP contribution in [-0.4, -0.2) is 19.8 Å². The highest BCUT2D eigenvalue weighted by Crippen LogP contribution is 2.29. The van der Waals surface area contributed by atoms with Crippen LogP contribution in [0, 0.1) is 11.3 Å². The third-order valence-electron chi connectivity index (χ3n) is 2.26. The SMILES string of the molecule is CC1(C)CNC[C@H]1CF. The van der Waals surface area contributed by atoms with Crippen molar-refractivity contribution in [2.24, 2.45) is 11.3 Å². The topological polar surface area (TPSA) is 12.0 Å². The predicted octanol–water partition coefficient (Wildman–Crippen LogP) is 1.20. The summed E-state index contributed by atoms with van der Waals surface area (Å²) in [6.07, 6.45) is 0. The Bertz CT molecular complexity index is 101. The molecule has 0 saturated carbocycles. The molecule has 0 unspecified atom stereocenters. The van der Waals surface area contributed by atoms with E-state index in [4.69, 9.17) is 0 Å². The summed E-state index contributed by atoms with van der Waals surface area (Å²) in [5.41, 5.74) is 0.175. The maximum atomic E-state index is 12.2. The molecule has 0 aromatic heterocycles. The number of nitrogens with one attached hydrogen (secondary N) is 1. The van der Waals surface area contributed by atoms with Crippen molar-refractivity contribution in [3.05, 3.63) is 0 Å². The molecule has 0 aliphatic carbocycles. The van der Waals surface area contributed by atoms with Crippen LogP contribution in [-0.2, 0) is 0 Å². The van der Waals surface area contributed by atoms with Crippen LogP contribution in [0.1, 0.15) is 13.8 Å². The van der Waals surface area contributed by atoms with Crippen molar-refractivity contribution in [1.82, 2.24) is 5.32 Å². The van der Waals surface area contributed by atoms with E-state index in [1.807, 2.05) is 0 Å². The number of hydrogen-bond acceptors (Lipinski definition) is 1. The van der Waals surface area contributed by atoms with E-state index in [2.05, 4.69) is 19.2 Å². The number of alkyl halides is 1. The smallest absolute Gasteiger partial charge is 0.0940 e. The Kier molecular flexibility index (Phi) is 1.75. The average molecular weight is 131 g/mol. The van der Waals surface area contributed by atoms with E-state index in [1.54, 1.807) is 0 Å². The first-order valence-electron chi connectivity index (χ1n) is 3.43. The third-order valence-corrected chi connectivity index (χ3v) is 2.26. The summed E-state index contributed by atoms with van der Waals surface area (Å²) in [4.78, 5) is 0. The second kappa shape index (κ2) is 2.25. The van der Waals surface area contributed by atoms with Crippen LogP contribution < -0.4 is 5.32 Å². The zero-order valence-electron chi connectivity index (χ0n) is 6.08. The minimum Gasteiger partial charge on any atom is -0.316 e. The van der Waals surface area contributed by atoms with Gasteiger partial charge < -0.3 is 5.32 Å². The minimum absolute atomic E-state index is 0.175. The Morgan fingerprint density at radius 3 is 2.56 bits per heavy atom. The van der Waals surface area contributed by atoms with Gasteiger partial charge in [-0.2, -0.15) is 0 Å². The number of rotatable bonds is 1. The van der Waals surface area contributed by atoms with Gasteiger partial charge in [0, 0.05) is 19.0 Å². The molecule has 0 spiro atoms. The first kappa shape index (κ1) is 7.00. The zero-order chi connectivity index (χ0) is 6.91. The molecular formula is C7H14FN. The summed E-state index contributed by atoms with van der Waals surface area (Å²) in [7, 11) is 0. The molecule has 1 saturated heterocycles. The van der Waals surface area contributed by atoms with Crippen molar-refractivity contribution in [3.8, 4) is 0 Å². The summed E-state index contributed by atoms with van der Waals surface area (Å²) >= 11 is 0. The lowest BCUT2D eigenvalue weighted by molar-refractivity contribution is 0.232. The van der Waals surface area contributed by atoms with Crippen LogP contribution in [0.4, 0.5) is 4.39 Å². The van der Waals surface area contributed by atoms with Crippen molar-refractivity contribution in [2.75, 3.05) is 19.8 Å². The molecule has 0 aromatic rings. The van der Waals surface area contributed by atoms with Gasteiger partial charge in [-0.15, -0.1) is 0 Å². The van der Waals surface area contributed by atoms with Crippen molar-refractivity contribution in [2.45, 2.75) is 13.8 Å². The lowest BCUT2D eigenvalue weighted by atomic mass is 9.83. The molecule has 0 radical (unpaired) electrons. The Balaban J connectivity index is 2.52. The number of halogens is 1. The Morgan fingerprint density at radius 1 is 1.67 bits per heavy atom. The maximum absolute atomic E-state index is 12.2. The molecule has 1 aliphatic rings. The quantitative estimate of drug-likeness (QED) is 0.564. The van der Waals surface area contributed by atoms with E-state index in [0.29, 0.717) is 0 Å². The van der Waals surface area contributed by atoms with Crippen LogP contribution in [0.3, 0.4) is 0 Å². The molecule has 54 valence electrons. The van der Waals surface area contributed by atoms with Gasteiger partial charge in [0.2, 0.25) is 0 Å². The van der Waals surface area contributed by atoms with Gasteiger partial charge in [-0.3, -0.25) is 4.39 Å². The van der Waals surface area contributed by atoms with Crippen LogP contribution in [0.15, 0.2) is 0 Å². The fourth-order valence-electron chi connectivity index (χ4n) is 1.25. The monoisotopic (exact) mass is 131 g/mol. The fourth-order valence-corrected chi connectivity index (χ4v) is 1.25. The van der Waals surface area contributed by atoms with Gasteiger partial charge >= 0.3 is 0 Å². The van der Waals surface area contributed by atoms with E-state index < -0.39 is 0 Å². The largest absolute Gasteiger partial charge is 0.316 e. The van der Waals surface area contributed by atoms with Crippen LogP contribution in [0.25, 0.3) is 0 Å². The molecule has 1 N–H and O–H groups in total. The molecule has 0 amide bonds. The summed E-state index contributed by atoms with van der Waals surface area (Å²) in [5, 5.41) is 3.17. The Morgan fingerprint density at radius 2 is 2.33 bits per heavy atom. The standard InChI is InChI=1S/C7H14FN/c1-7(2)5-9-4-6(7)3-8/h6,9H,3-5H2,1-2H3/t6-/m1/s1. The van der Waals surface area contributed by atoms with E-state index in [0.717, 1.165) is 13.1 Å². The molecule has 1 atom stereocenters. The third kappa shape index (κ3) is 1.23. The second-order valence-electron chi connectivity index (χ2n) is 3.47. The summed E-state index contributed by atoms with van der Waals surface area (Å²) in [6.45, 7) is 5.85. The van der Waals surface area contributed by atoms with Crippen molar-refractivity contribution in [1.29, 1.82) is 0 Å². The van der Waals surface area contributed by atoms with Gasteiger partial charge in [0.25, 0.3) is 0 Å².